The normalized spacial score (nSPS) is 16.5. The molecule has 2 unspecified atom stereocenters. The van der Waals surface area contributed by atoms with Gasteiger partial charge in [0.15, 0.2) is 0 Å². The molecular formula is C27H34ClN5O6. The molecule has 0 radical (unpaired) electrons. The van der Waals surface area contributed by atoms with Gasteiger partial charge >= 0.3 is 5.97 Å². The average molecular weight is 560 g/mol. The number of hydrogen-bond donors (Lipinski definition) is 3. The number of aromatic nitrogens is 2. The number of nitrogens with one attached hydrogen (secondary N) is 2. The molecule has 2 aromatic rings. The standard InChI is InChI=1S/C27H34ClN5O6/c1-4-6-21-20(14-29-33(21)19-10-8-17(28)9-11-19)25(37)31-24(16(2)3)27(39)32-12-5-7-22(32)26(38)30-18(15-34)13-23(35)36/h8-11,14-16,18,22,24H,4-7,12-13H2,1-3H3,(H,30,38)(H,31,37)(H,35,36)/t18?,22?,24-/m0/s1. The van der Waals surface area contributed by atoms with E-state index in [1.54, 1.807) is 42.8 Å². The quantitative estimate of drug-likeness (QED) is 0.338. The topological polar surface area (TPSA) is 151 Å². The van der Waals surface area contributed by atoms with Crippen molar-refractivity contribution in [1.29, 1.82) is 0 Å². The number of aldehydes is 1. The van der Waals surface area contributed by atoms with Gasteiger partial charge in [-0.05, 0) is 49.4 Å². The highest BCUT2D eigenvalue weighted by molar-refractivity contribution is 6.30. The zero-order valence-electron chi connectivity index (χ0n) is 22.2. The van der Waals surface area contributed by atoms with Gasteiger partial charge in [0, 0.05) is 11.6 Å². The van der Waals surface area contributed by atoms with E-state index in [2.05, 4.69) is 15.7 Å². The van der Waals surface area contributed by atoms with Crippen molar-refractivity contribution in [2.24, 2.45) is 5.92 Å². The summed E-state index contributed by atoms with van der Waals surface area (Å²) in [5, 5.41) is 19.2. The highest BCUT2D eigenvalue weighted by atomic mass is 35.5. The van der Waals surface area contributed by atoms with E-state index in [0.29, 0.717) is 48.4 Å². The van der Waals surface area contributed by atoms with Crippen LogP contribution in [0.4, 0.5) is 0 Å². The van der Waals surface area contributed by atoms with Gasteiger partial charge in [-0.25, -0.2) is 4.68 Å². The van der Waals surface area contributed by atoms with E-state index in [4.69, 9.17) is 16.7 Å². The second-order valence-corrected chi connectivity index (χ2v) is 10.3. The van der Waals surface area contributed by atoms with Crippen LogP contribution in [0.3, 0.4) is 0 Å². The van der Waals surface area contributed by atoms with E-state index in [9.17, 15) is 24.0 Å². The third kappa shape index (κ3) is 7.23. The summed E-state index contributed by atoms with van der Waals surface area (Å²) >= 11 is 6.01. The Balaban J connectivity index is 1.80. The predicted octanol–water partition coefficient (Wildman–Crippen LogP) is 2.38. The van der Waals surface area contributed by atoms with E-state index >= 15 is 0 Å². The van der Waals surface area contributed by atoms with E-state index in [1.807, 2.05) is 6.92 Å². The van der Waals surface area contributed by atoms with Crippen molar-refractivity contribution >= 4 is 41.6 Å². The molecule has 3 rings (SSSR count). The molecule has 1 aliphatic rings. The number of carbonyl (C=O) groups is 5. The number of hydrogen-bond acceptors (Lipinski definition) is 6. The predicted molar refractivity (Wildman–Crippen MR) is 144 cm³/mol. The first kappa shape index (κ1) is 29.8. The zero-order valence-corrected chi connectivity index (χ0v) is 23.0. The Morgan fingerprint density at radius 3 is 2.46 bits per heavy atom. The number of carbonyl (C=O) groups excluding carboxylic acids is 4. The number of benzene rings is 1. The van der Waals surface area contributed by atoms with Crippen LogP contribution >= 0.6 is 11.6 Å². The molecule has 3 amide bonds. The Labute approximate surface area is 231 Å². The first-order valence-electron chi connectivity index (χ1n) is 13.0. The fraction of sp³-hybridized carbons (Fsp3) is 0.481. The number of likely N-dealkylation sites (tertiary alicyclic amines) is 1. The lowest BCUT2D eigenvalue weighted by atomic mass is 10.0. The molecule has 2 heterocycles. The van der Waals surface area contributed by atoms with E-state index < -0.39 is 48.2 Å². The van der Waals surface area contributed by atoms with Gasteiger partial charge in [-0.2, -0.15) is 5.10 Å². The Hall–Kier alpha value is -3.73. The van der Waals surface area contributed by atoms with Crippen LogP contribution in [0.2, 0.25) is 5.02 Å². The molecule has 0 aliphatic carbocycles. The van der Waals surface area contributed by atoms with Gasteiger partial charge < -0.3 is 25.4 Å². The SMILES string of the molecule is CCCc1c(C(=O)N[C@H](C(=O)N2CCCC2C(=O)NC(C=O)CC(=O)O)C(C)C)cnn1-c1ccc(Cl)cc1. The largest absolute Gasteiger partial charge is 0.481 e. The molecule has 1 fully saturated rings. The summed E-state index contributed by atoms with van der Waals surface area (Å²) in [6.45, 7) is 5.89. The van der Waals surface area contributed by atoms with Gasteiger partial charge in [-0.1, -0.05) is 38.8 Å². The molecule has 0 bridgehead atoms. The summed E-state index contributed by atoms with van der Waals surface area (Å²) < 4.78 is 1.68. The van der Waals surface area contributed by atoms with Crippen LogP contribution in [0.1, 0.15) is 62.5 Å². The Kier molecular flexibility index (Phi) is 10.2. The second-order valence-electron chi connectivity index (χ2n) is 9.88. The lowest BCUT2D eigenvalue weighted by Gasteiger charge is -2.31. The van der Waals surface area contributed by atoms with Crippen molar-refractivity contribution in [2.75, 3.05) is 6.54 Å². The molecule has 1 aliphatic heterocycles. The molecule has 1 saturated heterocycles. The maximum absolute atomic E-state index is 13.6. The lowest BCUT2D eigenvalue weighted by Crippen LogP contribution is -2.56. The monoisotopic (exact) mass is 559 g/mol. The second kappa shape index (κ2) is 13.4. The molecule has 12 heteroatoms. The van der Waals surface area contributed by atoms with E-state index in [-0.39, 0.29) is 5.92 Å². The summed E-state index contributed by atoms with van der Waals surface area (Å²) in [4.78, 5) is 63.5. The summed E-state index contributed by atoms with van der Waals surface area (Å²) in [5.41, 5.74) is 1.80. The fourth-order valence-electron chi connectivity index (χ4n) is 4.66. The summed E-state index contributed by atoms with van der Waals surface area (Å²) in [6.07, 6.45) is 3.55. The smallest absolute Gasteiger partial charge is 0.305 e. The number of rotatable bonds is 12. The van der Waals surface area contributed by atoms with Crippen molar-refractivity contribution in [3.63, 3.8) is 0 Å². The molecule has 210 valence electrons. The van der Waals surface area contributed by atoms with Crippen molar-refractivity contribution < 1.29 is 29.1 Å². The Morgan fingerprint density at radius 1 is 1.18 bits per heavy atom. The number of nitrogens with zero attached hydrogens (tertiary/aromatic N) is 3. The Morgan fingerprint density at radius 2 is 1.87 bits per heavy atom. The number of carboxylic acids is 1. The third-order valence-electron chi connectivity index (χ3n) is 6.62. The summed E-state index contributed by atoms with van der Waals surface area (Å²) in [7, 11) is 0. The lowest BCUT2D eigenvalue weighted by molar-refractivity contribution is -0.142. The highest BCUT2D eigenvalue weighted by Gasteiger charge is 2.39. The maximum atomic E-state index is 13.6. The van der Waals surface area contributed by atoms with Gasteiger partial charge in [-0.15, -0.1) is 0 Å². The molecule has 3 atom stereocenters. The summed E-state index contributed by atoms with van der Waals surface area (Å²) in [5.74, 6) is -2.98. The minimum atomic E-state index is -1.23. The molecule has 3 N–H and O–H groups in total. The molecule has 0 spiro atoms. The molecule has 1 aromatic carbocycles. The first-order chi connectivity index (χ1) is 18.6. The van der Waals surface area contributed by atoms with Crippen LogP contribution in [0.5, 0.6) is 0 Å². The van der Waals surface area contributed by atoms with Gasteiger partial charge in [-0.3, -0.25) is 19.2 Å². The minimum absolute atomic E-state index is 0.290. The first-order valence-corrected chi connectivity index (χ1v) is 13.4. The van der Waals surface area contributed by atoms with Crippen molar-refractivity contribution in [1.82, 2.24) is 25.3 Å². The van der Waals surface area contributed by atoms with Crippen LogP contribution in [0.25, 0.3) is 5.69 Å². The molecule has 11 nitrogen and oxygen atoms in total. The molecule has 1 aromatic heterocycles. The van der Waals surface area contributed by atoms with Crippen LogP contribution in [0, 0.1) is 5.92 Å². The maximum Gasteiger partial charge on any atom is 0.305 e. The highest BCUT2D eigenvalue weighted by Crippen LogP contribution is 2.22. The molecule has 0 saturated carbocycles. The van der Waals surface area contributed by atoms with Crippen LogP contribution < -0.4 is 10.6 Å². The number of halogens is 1. The van der Waals surface area contributed by atoms with Crippen molar-refractivity contribution in [3.05, 3.63) is 46.7 Å². The molecular weight excluding hydrogens is 526 g/mol. The molecule has 39 heavy (non-hydrogen) atoms. The van der Waals surface area contributed by atoms with Gasteiger partial charge in [0.25, 0.3) is 5.91 Å². The van der Waals surface area contributed by atoms with E-state index in [0.717, 1.165) is 12.1 Å². The van der Waals surface area contributed by atoms with Gasteiger partial charge in [0.05, 0.1) is 35.6 Å². The van der Waals surface area contributed by atoms with Crippen LogP contribution in [-0.4, -0.2) is 74.4 Å². The van der Waals surface area contributed by atoms with Crippen molar-refractivity contribution in [3.8, 4) is 5.69 Å². The third-order valence-corrected chi connectivity index (χ3v) is 6.87. The number of amides is 3. The average Bonchev–Trinajstić information content (AvgIpc) is 3.54. The van der Waals surface area contributed by atoms with Crippen LogP contribution in [0.15, 0.2) is 30.5 Å². The minimum Gasteiger partial charge on any atom is -0.481 e. The fourth-order valence-corrected chi connectivity index (χ4v) is 4.79. The number of carboxylic acid groups (broad SMARTS) is 1. The van der Waals surface area contributed by atoms with Gasteiger partial charge in [0.2, 0.25) is 11.8 Å². The van der Waals surface area contributed by atoms with Gasteiger partial charge in [0.1, 0.15) is 18.4 Å². The van der Waals surface area contributed by atoms with Crippen molar-refractivity contribution in [2.45, 2.75) is 71.0 Å². The zero-order chi connectivity index (χ0) is 28.7. The van der Waals surface area contributed by atoms with Crippen LogP contribution in [-0.2, 0) is 25.6 Å². The Bertz CT molecular complexity index is 1210. The number of aliphatic carboxylic acids is 1. The summed E-state index contributed by atoms with van der Waals surface area (Å²) in [6, 6.07) is 4.12. The van der Waals surface area contributed by atoms with E-state index in [1.165, 1.54) is 11.1 Å².